The lowest BCUT2D eigenvalue weighted by atomic mass is 10.1. The summed E-state index contributed by atoms with van der Waals surface area (Å²) in [5.41, 5.74) is 0. The molecule has 0 amide bonds. The first kappa shape index (κ1) is 9.78. The van der Waals surface area contributed by atoms with Crippen LogP contribution in [-0.2, 0) is 0 Å². The second kappa shape index (κ2) is 4.57. The second-order valence-electron chi connectivity index (χ2n) is 2.25. The predicted octanol–water partition coefficient (Wildman–Crippen LogP) is 1.41. The van der Waals surface area contributed by atoms with Crippen LogP contribution in [0, 0.1) is 5.92 Å². The van der Waals surface area contributed by atoms with Crippen LogP contribution in [0.25, 0.3) is 0 Å². The molecule has 0 aliphatic rings. The molecule has 2 unspecified atom stereocenters. The van der Waals surface area contributed by atoms with Gasteiger partial charge < -0.3 is 10.2 Å². The first-order valence-electron chi connectivity index (χ1n) is 3.08. The van der Waals surface area contributed by atoms with Gasteiger partial charge in [0.05, 0.1) is 0 Å². The van der Waals surface area contributed by atoms with E-state index < -0.39 is 5.30 Å². The molecule has 2 atom stereocenters. The first-order valence-corrected chi connectivity index (χ1v) is 3.96. The highest BCUT2D eigenvalue weighted by atomic mass is 32.2. The summed E-state index contributed by atoms with van der Waals surface area (Å²) in [6, 6.07) is 0. The quantitative estimate of drug-likeness (QED) is 0.662. The zero-order valence-corrected chi connectivity index (χ0v) is 6.89. The van der Waals surface area contributed by atoms with Crippen LogP contribution in [0.4, 0.5) is 4.79 Å². The Kier molecular flexibility index (Phi) is 4.47. The van der Waals surface area contributed by atoms with Crippen molar-refractivity contribution >= 4 is 17.1 Å². The molecule has 0 bridgehead atoms. The molecule has 0 aromatic carbocycles. The number of hydrogen-bond donors (Lipinski definition) is 2. The zero-order chi connectivity index (χ0) is 8.15. The molecule has 0 aromatic rings. The molecule has 0 aliphatic carbocycles. The van der Waals surface area contributed by atoms with Gasteiger partial charge in [-0.3, -0.25) is 0 Å². The van der Waals surface area contributed by atoms with Crippen molar-refractivity contribution in [1.82, 2.24) is 0 Å². The van der Waals surface area contributed by atoms with Crippen molar-refractivity contribution in [1.29, 1.82) is 0 Å². The van der Waals surface area contributed by atoms with Gasteiger partial charge in [-0.25, -0.2) is 4.79 Å². The Morgan fingerprint density at radius 3 is 2.40 bits per heavy atom. The maximum absolute atomic E-state index is 10.1. The van der Waals surface area contributed by atoms with Gasteiger partial charge in [-0.15, -0.1) is 0 Å². The van der Waals surface area contributed by atoms with E-state index in [4.69, 9.17) is 10.2 Å². The summed E-state index contributed by atoms with van der Waals surface area (Å²) < 4.78 is 0. The predicted molar refractivity (Wildman–Crippen MR) is 41.3 cm³/mol. The molecule has 0 aromatic heterocycles. The van der Waals surface area contributed by atoms with Crippen LogP contribution in [0.3, 0.4) is 0 Å². The van der Waals surface area contributed by atoms with Crippen LogP contribution in [0.15, 0.2) is 0 Å². The topological polar surface area (TPSA) is 57.5 Å². The molecule has 0 fully saturated rings. The molecule has 4 heteroatoms. The third kappa shape index (κ3) is 3.74. The molecule has 2 N–H and O–H groups in total. The molecule has 3 nitrogen and oxygen atoms in total. The van der Waals surface area contributed by atoms with Crippen LogP contribution >= 0.6 is 11.8 Å². The maximum Gasteiger partial charge on any atom is 0.365 e. The smallest absolute Gasteiger partial charge is 0.365 e. The van der Waals surface area contributed by atoms with Crippen molar-refractivity contribution in [2.24, 2.45) is 5.92 Å². The van der Waals surface area contributed by atoms with Gasteiger partial charge in [0.1, 0.15) is 0 Å². The Hall–Kier alpha value is -0.220. The molecule has 0 spiro atoms. The van der Waals surface area contributed by atoms with Gasteiger partial charge >= 0.3 is 5.30 Å². The molecule has 0 aliphatic heterocycles. The maximum atomic E-state index is 10.1. The average Bonchev–Trinajstić information content (AvgIpc) is 1.85. The monoisotopic (exact) mass is 164 g/mol. The molecule has 0 heterocycles. The van der Waals surface area contributed by atoms with Crippen LogP contribution in [0.5, 0.6) is 0 Å². The van der Waals surface area contributed by atoms with Crippen molar-refractivity contribution in [3.8, 4) is 0 Å². The van der Waals surface area contributed by atoms with Gasteiger partial charge in [-0.05, 0) is 17.7 Å². The number of aliphatic hydroxyl groups excluding tert-OH is 1. The van der Waals surface area contributed by atoms with E-state index in [-0.39, 0.29) is 17.8 Å². The van der Waals surface area contributed by atoms with Crippen molar-refractivity contribution < 1.29 is 15.0 Å². The summed E-state index contributed by atoms with van der Waals surface area (Å²) in [6.45, 7) is 3.65. The lowest BCUT2D eigenvalue weighted by molar-refractivity contribution is 0.220. The fraction of sp³-hybridized carbons (Fsp3) is 0.833. The number of carbonyl (C=O) groups is 1. The summed E-state index contributed by atoms with van der Waals surface area (Å²) in [6.07, 6.45) is 0. The third-order valence-electron chi connectivity index (χ3n) is 1.38. The summed E-state index contributed by atoms with van der Waals surface area (Å²) in [7, 11) is 0. The van der Waals surface area contributed by atoms with Gasteiger partial charge in [0, 0.05) is 11.9 Å². The normalized spacial score (nSPS) is 16.3. The van der Waals surface area contributed by atoms with E-state index in [1.807, 2.05) is 6.92 Å². The van der Waals surface area contributed by atoms with E-state index in [9.17, 15) is 4.79 Å². The van der Waals surface area contributed by atoms with Crippen molar-refractivity contribution in [3.63, 3.8) is 0 Å². The van der Waals surface area contributed by atoms with E-state index in [2.05, 4.69) is 0 Å². The summed E-state index contributed by atoms with van der Waals surface area (Å²) >= 11 is 0.844. The van der Waals surface area contributed by atoms with E-state index in [1.54, 1.807) is 6.92 Å². The van der Waals surface area contributed by atoms with Gasteiger partial charge in [0.2, 0.25) is 0 Å². The van der Waals surface area contributed by atoms with Crippen LogP contribution in [0.2, 0.25) is 0 Å². The van der Waals surface area contributed by atoms with Gasteiger partial charge in [-0.1, -0.05) is 13.8 Å². The molecule has 60 valence electrons. The molecule has 0 rings (SSSR count). The first-order chi connectivity index (χ1) is 4.57. The largest absolute Gasteiger partial charge is 0.473 e. The highest BCUT2D eigenvalue weighted by Gasteiger charge is 2.14. The minimum Gasteiger partial charge on any atom is -0.473 e. The Balaban J connectivity index is 3.61. The van der Waals surface area contributed by atoms with Crippen molar-refractivity contribution in [2.75, 3.05) is 6.61 Å². The standard InChI is InChI=1S/C6H12O3S/c1-4(3-7)5(2)10-6(8)9/h4-5,7H,3H2,1-2H3,(H,8,9). The summed E-state index contributed by atoms with van der Waals surface area (Å²) in [4.78, 5) is 10.1. The Bertz CT molecular complexity index is 116. The van der Waals surface area contributed by atoms with E-state index >= 15 is 0 Å². The average molecular weight is 164 g/mol. The number of rotatable bonds is 3. The molecular formula is C6H12O3S. The Morgan fingerprint density at radius 2 is 2.10 bits per heavy atom. The number of carboxylic acid groups (broad SMARTS) is 1. The zero-order valence-electron chi connectivity index (χ0n) is 6.07. The lowest BCUT2D eigenvalue weighted by Crippen LogP contribution is -2.15. The molecule has 10 heavy (non-hydrogen) atoms. The van der Waals surface area contributed by atoms with Crippen LogP contribution in [0.1, 0.15) is 13.8 Å². The van der Waals surface area contributed by atoms with Crippen LogP contribution in [-0.4, -0.2) is 27.4 Å². The SMILES string of the molecule is CC(CO)C(C)SC(=O)O. The van der Waals surface area contributed by atoms with Crippen LogP contribution < -0.4 is 0 Å². The fourth-order valence-electron chi connectivity index (χ4n) is 0.424. The minimum atomic E-state index is -0.882. The van der Waals surface area contributed by atoms with E-state index in [1.165, 1.54) is 0 Å². The van der Waals surface area contributed by atoms with Gasteiger partial charge in [-0.2, -0.15) is 0 Å². The third-order valence-corrected chi connectivity index (χ3v) is 2.41. The highest BCUT2D eigenvalue weighted by Crippen LogP contribution is 2.18. The van der Waals surface area contributed by atoms with Crippen molar-refractivity contribution in [3.05, 3.63) is 0 Å². The minimum absolute atomic E-state index is 0.0255. The summed E-state index contributed by atoms with van der Waals surface area (Å²) in [5.74, 6) is 0.0427. The molecular weight excluding hydrogens is 152 g/mol. The fourth-order valence-corrected chi connectivity index (χ4v) is 1.06. The second-order valence-corrected chi connectivity index (χ2v) is 3.58. The van der Waals surface area contributed by atoms with Crippen molar-refractivity contribution in [2.45, 2.75) is 19.1 Å². The van der Waals surface area contributed by atoms with Gasteiger partial charge in [0.25, 0.3) is 0 Å². The van der Waals surface area contributed by atoms with E-state index in [0.29, 0.717) is 0 Å². The number of thioether (sulfide) groups is 1. The Morgan fingerprint density at radius 1 is 1.60 bits per heavy atom. The Labute approximate surface area is 64.4 Å². The highest BCUT2D eigenvalue weighted by molar-refractivity contribution is 8.13. The molecule has 0 radical (unpaired) electrons. The number of aliphatic hydroxyl groups is 1. The summed E-state index contributed by atoms with van der Waals surface area (Å²) in [5, 5.41) is 16.0. The lowest BCUT2D eigenvalue weighted by Gasteiger charge is -2.13. The molecule has 0 saturated carbocycles. The van der Waals surface area contributed by atoms with Gasteiger partial charge in [0.15, 0.2) is 0 Å². The number of hydrogen-bond acceptors (Lipinski definition) is 3. The molecule has 0 saturated heterocycles. The van der Waals surface area contributed by atoms with E-state index in [0.717, 1.165) is 11.8 Å².